The first kappa shape index (κ1) is 20.5. The number of benzene rings is 2. The highest BCUT2D eigenvalue weighted by molar-refractivity contribution is 5.94. The highest BCUT2D eigenvalue weighted by Gasteiger charge is 2.25. The van der Waals surface area contributed by atoms with Crippen LogP contribution in [0.2, 0.25) is 0 Å². The standard InChI is InChI=1S/C22H22F2N2O3/c1-2-21(27)25-14-15-3-5-16(6-4-15)22(28)26-11-9-18(10-12-26)29-20-8-7-17(23)13-19(20)24/h2-8,13,18H,1,9-12,14H2,(H,25,27). The van der Waals surface area contributed by atoms with Gasteiger partial charge in [-0.25, -0.2) is 8.78 Å². The Morgan fingerprint density at radius 1 is 1.14 bits per heavy atom. The molecule has 0 bridgehead atoms. The third-order valence-corrected chi connectivity index (χ3v) is 4.77. The van der Waals surface area contributed by atoms with Gasteiger partial charge in [-0.2, -0.15) is 0 Å². The Morgan fingerprint density at radius 3 is 2.45 bits per heavy atom. The van der Waals surface area contributed by atoms with Gasteiger partial charge in [0.2, 0.25) is 5.91 Å². The molecule has 1 heterocycles. The molecule has 1 fully saturated rings. The third kappa shape index (κ3) is 5.40. The van der Waals surface area contributed by atoms with Crippen molar-refractivity contribution in [3.05, 3.63) is 77.9 Å². The van der Waals surface area contributed by atoms with E-state index < -0.39 is 11.6 Å². The predicted octanol–water partition coefficient (Wildman–Crippen LogP) is 3.45. The van der Waals surface area contributed by atoms with Crippen LogP contribution in [0.5, 0.6) is 5.75 Å². The molecule has 0 radical (unpaired) electrons. The second-order valence-corrected chi connectivity index (χ2v) is 6.80. The van der Waals surface area contributed by atoms with E-state index in [0.29, 0.717) is 38.0 Å². The summed E-state index contributed by atoms with van der Waals surface area (Å²) in [7, 11) is 0. The van der Waals surface area contributed by atoms with Gasteiger partial charge in [0.05, 0.1) is 0 Å². The second kappa shape index (κ2) is 9.32. The number of halogens is 2. The van der Waals surface area contributed by atoms with Gasteiger partial charge in [0, 0.05) is 44.1 Å². The number of ether oxygens (including phenoxy) is 1. The van der Waals surface area contributed by atoms with Gasteiger partial charge in [0.15, 0.2) is 11.6 Å². The summed E-state index contributed by atoms with van der Waals surface area (Å²) in [6.45, 7) is 4.74. The lowest BCUT2D eigenvalue weighted by molar-refractivity contribution is -0.116. The Hall–Kier alpha value is -3.22. The van der Waals surface area contributed by atoms with Crippen LogP contribution in [0.15, 0.2) is 55.1 Å². The van der Waals surface area contributed by atoms with Crippen LogP contribution in [0, 0.1) is 11.6 Å². The van der Waals surface area contributed by atoms with Crippen molar-refractivity contribution < 1.29 is 23.1 Å². The zero-order valence-corrected chi connectivity index (χ0v) is 15.9. The molecule has 0 spiro atoms. The van der Waals surface area contributed by atoms with Crippen LogP contribution in [-0.4, -0.2) is 35.9 Å². The summed E-state index contributed by atoms with van der Waals surface area (Å²) in [6, 6.07) is 10.3. The summed E-state index contributed by atoms with van der Waals surface area (Å²) < 4.78 is 32.3. The molecule has 0 unspecified atom stereocenters. The number of likely N-dealkylation sites (tertiary alicyclic amines) is 1. The first-order valence-electron chi connectivity index (χ1n) is 9.36. The fraction of sp³-hybridized carbons (Fsp3) is 0.273. The summed E-state index contributed by atoms with van der Waals surface area (Å²) >= 11 is 0. The molecule has 152 valence electrons. The normalized spacial score (nSPS) is 14.3. The largest absolute Gasteiger partial charge is 0.487 e. The molecular weight excluding hydrogens is 378 g/mol. The Bertz CT molecular complexity index is 891. The molecule has 0 atom stereocenters. The molecule has 3 rings (SSSR count). The summed E-state index contributed by atoms with van der Waals surface area (Å²) in [4.78, 5) is 25.6. The minimum Gasteiger partial charge on any atom is -0.487 e. The highest BCUT2D eigenvalue weighted by Crippen LogP contribution is 2.23. The zero-order valence-electron chi connectivity index (χ0n) is 15.9. The summed E-state index contributed by atoms with van der Waals surface area (Å²) in [5.74, 6) is -1.69. The molecule has 1 aliphatic heterocycles. The Morgan fingerprint density at radius 2 is 1.83 bits per heavy atom. The van der Waals surface area contributed by atoms with Gasteiger partial charge < -0.3 is 15.0 Å². The van der Waals surface area contributed by atoms with Gasteiger partial charge in [-0.15, -0.1) is 0 Å². The molecule has 29 heavy (non-hydrogen) atoms. The van der Waals surface area contributed by atoms with E-state index in [-0.39, 0.29) is 23.7 Å². The number of amides is 2. The van der Waals surface area contributed by atoms with E-state index in [1.165, 1.54) is 12.1 Å². The number of nitrogens with zero attached hydrogens (tertiary/aromatic N) is 1. The first-order chi connectivity index (χ1) is 14.0. The van der Waals surface area contributed by atoms with E-state index in [9.17, 15) is 18.4 Å². The second-order valence-electron chi connectivity index (χ2n) is 6.80. The summed E-state index contributed by atoms with van der Waals surface area (Å²) in [5.41, 5.74) is 1.44. The molecule has 1 saturated heterocycles. The van der Waals surface area contributed by atoms with Crippen molar-refractivity contribution in [2.24, 2.45) is 0 Å². The minimum absolute atomic E-state index is 0.0234. The van der Waals surface area contributed by atoms with Crippen molar-refractivity contribution in [1.29, 1.82) is 0 Å². The average molecular weight is 400 g/mol. The monoisotopic (exact) mass is 400 g/mol. The van der Waals surface area contributed by atoms with E-state index >= 15 is 0 Å². The highest BCUT2D eigenvalue weighted by atomic mass is 19.1. The van der Waals surface area contributed by atoms with E-state index in [1.807, 2.05) is 0 Å². The number of rotatable bonds is 6. The molecule has 1 N–H and O–H groups in total. The van der Waals surface area contributed by atoms with E-state index in [0.717, 1.165) is 17.7 Å². The lowest BCUT2D eigenvalue weighted by Crippen LogP contribution is -2.41. The quantitative estimate of drug-likeness (QED) is 0.756. The van der Waals surface area contributed by atoms with Gasteiger partial charge in [-0.05, 0) is 35.9 Å². The lowest BCUT2D eigenvalue weighted by atomic mass is 10.1. The van der Waals surface area contributed by atoms with Gasteiger partial charge in [-0.3, -0.25) is 9.59 Å². The van der Waals surface area contributed by atoms with Crippen molar-refractivity contribution in [2.45, 2.75) is 25.5 Å². The Balaban J connectivity index is 1.51. The maximum absolute atomic E-state index is 13.7. The molecule has 1 aliphatic rings. The maximum Gasteiger partial charge on any atom is 0.253 e. The van der Waals surface area contributed by atoms with Gasteiger partial charge >= 0.3 is 0 Å². The number of carbonyl (C=O) groups is 2. The third-order valence-electron chi connectivity index (χ3n) is 4.77. The molecule has 0 aliphatic carbocycles. The van der Waals surface area contributed by atoms with Crippen molar-refractivity contribution >= 4 is 11.8 Å². The number of piperidine rings is 1. The van der Waals surface area contributed by atoms with Crippen molar-refractivity contribution in [2.75, 3.05) is 13.1 Å². The fourth-order valence-electron chi connectivity index (χ4n) is 3.14. The van der Waals surface area contributed by atoms with E-state index in [4.69, 9.17) is 4.74 Å². The molecule has 2 aromatic carbocycles. The van der Waals surface area contributed by atoms with Gasteiger partial charge in [0.1, 0.15) is 11.9 Å². The fourth-order valence-corrected chi connectivity index (χ4v) is 3.14. The van der Waals surface area contributed by atoms with Gasteiger partial charge in [-0.1, -0.05) is 18.7 Å². The summed E-state index contributed by atoms with van der Waals surface area (Å²) in [6.07, 6.45) is 2.10. The lowest BCUT2D eigenvalue weighted by Gasteiger charge is -2.32. The van der Waals surface area contributed by atoms with E-state index in [2.05, 4.69) is 11.9 Å². The predicted molar refractivity (Wildman–Crippen MR) is 104 cm³/mol. The molecule has 2 aromatic rings. The van der Waals surface area contributed by atoms with Gasteiger partial charge in [0.25, 0.3) is 5.91 Å². The van der Waals surface area contributed by atoms with Crippen molar-refractivity contribution in [3.8, 4) is 5.75 Å². The smallest absolute Gasteiger partial charge is 0.253 e. The average Bonchev–Trinajstić information content (AvgIpc) is 2.74. The van der Waals surface area contributed by atoms with Crippen molar-refractivity contribution in [1.82, 2.24) is 10.2 Å². The Kier molecular flexibility index (Phi) is 6.59. The van der Waals surface area contributed by atoms with Crippen LogP contribution in [0.25, 0.3) is 0 Å². The first-order valence-corrected chi connectivity index (χ1v) is 9.36. The molecule has 0 aromatic heterocycles. The molecular formula is C22H22F2N2O3. The number of nitrogens with one attached hydrogen (secondary N) is 1. The summed E-state index contributed by atoms with van der Waals surface area (Å²) in [5, 5.41) is 2.68. The molecule has 0 saturated carbocycles. The SMILES string of the molecule is C=CC(=O)NCc1ccc(C(=O)N2CCC(Oc3ccc(F)cc3F)CC2)cc1. The topological polar surface area (TPSA) is 58.6 Å². The van der Waals surface area contributed by atoms with Crippen LogP contribution in [-0.2, 0) is 11.3 Å². The van der Waals surface area contributed by atoms with Crippen LogP contribution in [0.3, 0.4) is 0 Å². The van der Waals surface area contributed by atoms with Crippen LogP contribution >= 0.6 is 0 Å². The maximum atomic E-state index is 13.7. The molecule has 7 heteroatoms. The molecule has 2 amide bonds. The van der Waals surface area contributed by atoms with Crippen LogP contribution in [0.1, 0.15) is 28.8 Å². The number of hydrogen-bond donors (Lipinski definition) is 1. The minimum atomic E-state index is -0.729. The number of hydrogen-bond acceptors (Lipinski definition) is 3. The van der Waals surface area contributed by atoms with E-state index in [1.54, 1.807) is 29.2 Å². The zero-order chi connectivity index (χ0) is 20.8. The van der Waals surface area contributed by atoms with Crippen molar-refractivity contribution in [3.63, 3.8) is 0 Å². The number of carbonyl (C=O) groups excluding carboxylic acids is 2. The van der Waals surface area contributed by atoms with Crippen LogP contribution < -0.4 is 10.1 Å². The molecule has 5 nitrogen and oxygen atoms in total. The van der Waals surface area contributed by atoms with Crippen LogP contribution in [0.4, 0.5) is 8.78 Å². The Labute approximate surface area is 168 Å².